The summed E-state index contributed by atoms with van der Waals surface area (Å²) >= 11 is 0. The third-order valence-electron chi connectivity index (χ3n) is 3.25. The summed E-state index contributed by atoms with van der Waals surface area (Å²) in [4.78, 5) is 0. The van der Waals surface area contributed by atoms with E-state index in [0.29, 0.717) is 5.92 Å². The van der Waals surface area contributed by atoms with Crippen LogP contribution in [0.1, 0.15) is 41.0 Å². The number of allylic oxidation sites excluding steroid dienone is 3. The van der Waals surface area contributed by atoms with E-state index in [4.69, 9.17) is 4.74 Å². The third kappa shape index (κ3) is 2.02. The molecule has 2 atom stereocenters. The molecule has 0 aromatic heterocycles. The Hall–Kier alpha value is -1.16. The van der Waals surface area contributed by atoms with E-state index in [1.165, 1.54) is 11.1 Å². The Morgan fingerprint density at radius 2 is 2.06 bits per heavy atom. The minimum Gasteiger partial charge on any atom is -0.482 e. The zero-order valence-corrected chi connectivity index (χ0v) is 10.8. The lowest BCUT2D eigenvalue weighted by atomic mass is 9.80. The zero-order valence-electron chi connectivity index (χ0n) is 10.8. The average molecular weight is 216 g/mol. The van der Waals surface area contributed by atoms with Gasteiger partial charge in [0.25, 0.3) is 0 Å². The van der Waals surface area contributed by atoms with Crippen molar-refractivity contribution in [3.63, 3.8) is 0 Å². The van der Waals surface area contributed by atoms with Crippen LogP contribution in [0.4, 0.5) is 0 Å². The first kappa shape index (κ1) is 11.3. The van der Waals surface area contributed by atoms with Crippen LogP contribution in [-0.4, -0.2) is 6.10 Å². The number of rotatable bonds is 0. The molecule has 1 heterocycles. The van der Waals surface area contributed by atoms with Gasteiger partial charge in [0, 0.05) is 17.9 Å². The summed E-state index contributed by atoms with van der Waals surface area (Å²) in [5, 5.41) is 0. The molecule has 1 heteroatoms. The first-order valence-electron chi connectivity index (χ1n) is 5.98. The summed E-state index contributed by atoms with van der Waals surface area (Å²) in [6, 6.07) is 0. The molecular weight excluding hydrogens is 196 g/mol. The highest BCUT2D eigenvalue weighted by molar-refractivity contribution is 5.47. The highest BCUT2D eigenvalue weighted by Crippen LogP contribution is 2.35. The van der Waals surface area contributed by atoms with Gasteiger partial charge in [-0.3, -0.25) is 0 Å². The van der Waals surface area contributed by atoms with Crippen molar-refractivity contribution in [2.45, 2.75) is 47.1 Å². The third-order valence-corrected chi connectivity index (χ3v) is 3.25. The molecule has 0 saturated carbocycles. The normalized spacial score (nSPS) is 28.7. The van der Waals surface area contributed by atoms with E-state index in [1.54, 1.807) is 0 Å². The van der Waals surface area contributed by atoms with Crippen LogP contribution in [0.15, 0.2) is 23.0 Å². The van der Waals surface area contributed by atoms with Gasteiger partial charge in [-0.15, -0.1) is 0 Å². The van der Waals surface area contributed by atoms with Crippen LogP contribution >= 0.6 is 0 Å². The smallest absolute Gasteiger partial charge is 0.173 e. The summed E-state index contributed by atoms with van der Waals surface area (Å²) in [5.41, 5.74) is 2.84. The highest BCUT2D eigenvalue weighted by Gasteiger charge is 2.27. The van der Waals surface area contributed by atoms with E-state index in [1.807, 2.05) is 0 Å². The molecule has 0 aromatic rings. The first-order valence-corrected chi connectivity index (χ1v) is 5.98. The van der Waals surface area contributed by atoms with Crippen LogP contribution in [-0.2, 0) is 4.74 Å². The summed E-state index contributed by atoms with van der Waals surface area (Å²) < 4.78 is 5.74. The molecule has 2 unspecified atom stereocenters. The van der Waals surface area contributed by atoms with Crippen LogP contribution in [0.5, 0.6) is 0 Å². The van der Waals surface area contributed by atoms with Crippen LogP contribution in [0.2, 0.25) is 0 Å². The predicted molar refractivity (Wildman–Crippen MR) is 66.7 cm³/mol. The van der Waals surface area contributed by atoms with E-state index in [9.17, 15) is 0 Å². The lowest BCUT2D eigenvalue weighted by Crippen LogP contribution is -2.17. The maximum absolute atomic E-state index is 5.74. The number of ether oxygens (including phenoxy) is 1. The lowest BCUT2D eigenvalue weighted by molar-refractivity contribution is 0.172. The summed E-state index contributed by atoms with van der Waals surface area (Å²) in [6.45, 7) is 11.0. The second-order valence-corrected chi connectivity index (χ2v) is 5.90. The highest BCUT2D eigenvalue weighted by atomic mass is 16.5. The van der Waals surface area contributed by atoms with Crippen molar-refractivity contribution in [2.24, 2.45) is 11.3 Å². The maximum atomic E-state index is 5.74. The molecular formula is C15H20O. The van der Waals surface area contributed by atoms with Gasteiger partial charge >= 0.3 is 0 Å². The van der Waals surface area contributed by atoms with Gasteiger partial charge in [-0.05, 0) is 30.8 Å². The van der Waals surface area contributed by atoms with E-state index < -0.39 is 0 Å². The van der Waals surface area contributed by atoms with Gasteiger partial charge in [0.05, 0.1) is 0 Å². The van der Waals surface area contributed by atoms with Gasteiger partial charge in [0.1, 0.15) is 6.10 Å². The van der Waals surface area contributed by atoms with E-state index in [0.717, 1.165) is 12.2 Å². The number of hydrogen-bond donors (Lipinski definition) is 0. The molecule has 86 valence electrons. The molecule has 1 aliphatic carbocycles. The van der Waals surface area contributed by atoms with Crippen LogP contribution < -0.4 is 0 Å². The second kappa shape index (κ2) is 3.70. The Balaban J connectivity index is 2.35. The van der Waals surface area contributed by atoms with Crippen molar-refractivity contribution in [1.82, 2.24) is 0 Å². The molecule has 0 bridgehead atoms. The molecule has 0 N–H and O–H groups in total. The van der Waals surface area contributed by atoms with Crippen molar-refractivity contribution < 1.29 is 4.74 Å². The van der Waals surface area contributed by atoms with Crippen LogP contribution in [0.3, 0.4) is 0 Å². The van der Waals surface area contributed by atoms with Crippen molar-refractivity contribution in [2.75, 3.05) is 0 Å². The van der Waals surface area contributed by atoms with E-state index >= 15 is 0 Å². The molecule has 0 saturated heterocycles. The largest absolute Gasteiger partial charge is 0.482 e. The van der Waals surface area contributed by atoms with Crippen molar-refractivity contribution in [3.05, 3.63) is 23.0 Å². The van der Waals surface area contributed by atoms with Gasteiger partial charge < -0.3 is 4.74 Å². The topological polar surface area (TPSA) is 9.23 Å². The van der Waals surface area contributed by atoms with Crippen LogP contribution in [0, 0.1) is 23.2 Å². The Morgan fingerprint density at radius 1 is 1.38 bits per heavy atom. The van der Waals surface area contributed by atoms with Gasteiger partial charge in [0.15, 0.2) is 5.76 Å². The minimum atomic E-state index is 0.194. The average Bonchev–Trinajstić information content (AvgIpc) is 2.45. The van der Waals surface area contributed by atoms with Gasteiger partial charge in [-0.1, -0.05) is 32.8 Å². The Bertz CT molecular complexity index is 421. The molecule has 1 nitrogen and oxygen atoms in total. The summed E-state index contributed by atoms with van der Waals surface area (Å²) in [6.07, 6.45) is 3.59. The fourth-order valence-corrected chi connectivity index (χ4v) is 2.14. The van der Waals surface area contributed by atoms with Crippen LogP contribution in [0.25, 0.3) is 0 Å². The Labute approximate surface area is 98.6 Å². The SMILES string of the molecule is CC1=CC(C(C)(C)C)C#CC2=C1CC(C)O2. The molecule has 0 spiro atoms. The Morgan fingerprint density at radius 3 is 2.69 bits per heavy atom. The minimum absolute atomic E-state index is 0.194. The molecule has 0 radical (unpaired) electrons. The van der Waals surface area contributed by atoms with Gasteiger partial charge in [-0.25, -0.2) is 0 Å². The molecule has 0 amide bonds. The van der Waals surface area contributed by atoms with Gasteiger partial charge in [0.2, 0.25) is 0 Å². The van der Waals surface area contributed by atoms with Crippen molar-refractivity contribution in [1.29, 1.82) is 0 Å². The summed E-state index contributed by atoms with van der Waals surface area (Å²) in [7, 11) is 0. The van der Waals surface area contributed by atoms with Crippen molar-refractivity contribution in [3.8, 4) is 11.8 Å². The standard InChI is InChI=1S/C15H20O/c1-10-8-12(15(3,4)5)6-7-14-13(10)9-11(2)16-14/h8,11-12H,9H2,1-5H3. The maximum Gasteiger partial charge on any atom is 0.173 e. The number of hydrogen-bond acceptors (Lipinski definition) is 1. The van der Waals surface area contributed by atoms with Crippen molar-refractivity contribution >= 4 is 0 Å². The van der Waals surface area contributed by atoms with E-state index in [-0.39, 0.29) is 11.5 Å². The second-order valence-electron chi connectivity index (χ2n) is 5.90. The first-order chi connectivity index (χ1) is 7.38. The molecule has 2 rings (SSSR count). The molecule has 0 fully saturated rings. The monoisotopic (exact) mass is 216 g/mol. The fraction of sp³-hybridized carbons (Fsp3) is 0.600. The predicted octanol–water partition coefficient (Wildman–Crippen LogP) is 3.67. The fourth-order valence-electron chi connectivity index (χ4n) is 2.14. The zero-order chi connectivity index (χ0) is 11.9. The molecule has 1 aliphatic heterocycles. The molecule has 16 heavy (non-hydrogen) atoms. The van der Waals surface area contributed by atoms with Gasteiger partial charge in [-0.2, -0.15) is 0 Å². The molecule has 0 aromatic carbocycles. The Kier molecular flexibility index (Phi) is 2.62. The van der Waals surface area contributed by atoms with E-state index in [2.05, 4.69) is 52.5 Å². The lowest BCUT2D eigenvalue weighted by Gasteiger charge is -2.23. The summed E-state index contributed by atoms with van der Waals surface area (Å²) in [5.74, 6) is 7.78. The quantitative estimate of drug-likeness (QED) is 0.561. The molecule has 2 aliphatic rings.